The molecule has 1 aromatic heterocycles. The molecular weight excluding hydrogens is 286 g/mol. The molecule has 0 atom stereocenters. The van der Waals surface area contributed by atoms with Crippen molar-refractivity contribution in [1.82, 2.24) is 9.78 Å². The first-order valence-corrected chi connectivity index (χ1v) is 7.36. The third-order valence-electron chi connectivity index (χ3n) is 2.21. The lowest BCUT2D eigenvalue weighted by molar-refractivity contribution is -0.115. The number of carbonyl (C=O) groups excluding carboxylic acids is 1. The van der Waals surface area contributed by atoms with Crippen molar-refractivity contribution in [2.75, 3.05) is 5.75 Å². The summed E-state index contributed by atoms with van der Waals surface area (Å²) < 4.78 is 3.14. The molecule has 0 fully saturated rings. The van der Waals surface area contributed by atoms with Crippen LogP contribution in [0.5, 0.6) is 0 Å². The van der Waals surface area contributed by atoms with Crippen molar-refractivity contribution in [3.63, 3.8) is 0 Å². The Labute approximate surface area is 118 Å². The molecule has 0 aliphatic rings. The van der Waals surface area contributed by atoms with E-state index in [-0.39, 0.29) is 11.7 Å². The summed E-state index contributed by atoms with van der Waals surface area (Å²) in [6.07, 6.45) is 0. The van der Waals surface area contributed by atoms with Gasteiger partial charge in [0.15, 0.2) is 8.29 Å². The number of primary amides is 1. The molecule has 94 valence electrons. The van der Waals surface area contributed by atoms with Gasteiger partial charge in [-0.1, -0.05) is 41.3 Å². The number of benzene rings is 1. The maximum Gasteiger partial charge on any atom is 0.227 e. The fourth-order valence-electron chi connectivity index (χ4n) is 1.41. The predicted molar refractivity (Wildman–Crippen MR) is 76.9 cm³/mol. The van der Waals surface area contributed by atoms with Crippen LogP contribution in [0, 0.1) is 10.9 Å². The van der Waals surface area contributed by atoms with Crippen molar-refractivity contribution in [1.29, 1.82) is 0 Å². The highest BCUT2D eigenvalue weighted by molar-refractivity contribution is 8.01. The molecule has 2 N–H and O–H groups in total. The number of rotatable bonds is 4. The number of nitrogens with two attached hydrogens (primary N) is 1. The molecule has 0 saturated carbocycles. The van der Waals surface area contributed by atoms with Crippen LogP contribution in [-0.4, -0.2) is 21.4 Å². The number of thioether (sulfide) groups is 1. The molecule has 0 aliphatic heterocycles. The van der Waals surface area contributed by atoms with E-state index in [1.165, 1.54) is 23.1 Å². The molecule has 1 aromatic carbocycles. The molecule has 0 aliphatic carbocycles. The molecule has 0 radical (unpaired) electrons. The van der Waals surface area contributed by atoms with E-state index in [4.69, 9.17) is 18.0 Å². The number of para-hydroxylation sites is 1. The topological polar surface area (TPSA) is 60.9 Å². The second-order valence-corrected chi connectivity index (χ2v) is 6.43. The second-order valence-electron chi connectivity index (χ2n) is 3.59. The average molecular weight is 297 g/mol. The summed E-state index contributed by atoms with van der Waals surface area (Å²) in [7, 11) is 0. The molecule has 0 spiro atoms. The zero-order valence-corrected chi connectivity index (χ0v) is 12.1. The van der Waals surface area contributed by atoms with Crippen molar-refractivity contribution < 1.29 is 4.79 Å². The van der Waals surface area contributed by atoms with Crippen LogP contribution in [-0.2, 0) is 4.79 Å². The normalized spacial score (nSPS) is 10.5. The van der Waals surface area contributed by atoms with E-state index in [1.54, 1.807) is 4.68 Å². The highest BCUT2D eigenvalue weighted by Crippen LogP contribution is 2.24. The van der Waals surface area contributed by atoms with Gasteiger partial charge >= 0.3 is 0 Å². The van der Waals surface area contributed by atoms with Gasteiger partial charge in [0.05, 0.1) is 11.4 Å². The minimum absolute atomic E-state index is 0.218. The summed E-state index contributed by atoms with van der Waals surface area (Å²) in [5, 5.41) is 4.40. The van der Waals surface area contributed by atoms with Crippen LogP contribution in [0.15, 0.2) is 28.6 Å². The number of carbonyl (C=O) groups is 1. The van der Waals surface area contributed by atoms with Gasteiger partial charge in [0.25, 0.3) is 0 Å². The van der Waals surface area contributed by atoms with Crippen LogP contribution in [0.1, 0.15) is 5.56 Å². The first kappa shape index (κ1) is 13.3. The van der Waals surface area contributed by atoms with Crippen molar-refractivity contribution in [2.45, 2.75) is 11.3 Å². The van der Waals surface area contributed by atoms with Gasteiger partial charge in [0.1, 0.15) is 0 Å². The van der Waals surface area contributed by atoms with Gasteiger partial charge in [-0.2, -0.15) is 0 Å². The summed E-state index contributed by atoms with van der Waals surface area (Å²) in [4.78, 5) is 10.7. The standard InChI is InChI=1S/C11H11N3OS3/c1-7-4-2-3-5-8(7)14-11(16)18-10(13-14)17-6-9(12)15/h2-5H,6H2,1H3,(H2,12,15). The maximum absolute atomic E-state index is 10.7. The van der Waals surface area contributed by atoms with Gasteiger partial charge in [-0.15, -0.1) is 5.10 Å². The van der Waals surface area contributed by atoms with Crippen molar-refractivity contribution in [2.24, 2.45) is 5.73 Å². The average Bonchev–Trinajstić information content (AvgIpc) is 2.69. The predicted octanol–water partition coefficient (Wildman–Crippen LogP) is 2.55. The Kier molecular flexibility index (Phi) is 4.15. The number of aromatic nitrogens is 2. The fourth-order valence-corrected chi connectivity index (χ4v) is 3.49. The molecule has 2 aromatic rings. The van der Waals surface area contributed by atoms with Gasteiger partial charge in [-0.05, 0) is 30.8 Å². The van der Waals surface area contributed by atoms with Crippen LogP contribution < -0.4 is 5.73 Å². The van der Waals surface area contributed by atoms with Gasteiger partial charge < -0.3 is 5.73 Å². The highest BCUT2D eigenvalue weighted by Gasteiger charge is 2.08. The molecular formula is C11H11N3OS3. The molecule has 4 nitrogen and oxygen atoms in total. The fraction of sp³-hybridized carbons (Fsp3) is 0.182. The van der Waals surface area contributed by atoms with Crippen molar-refractivity contribution in [3.8, 4) is 5.69 Å². The number of aryl methyl sites for hydroxylation is 1. The third-order valence-corrected chi connectivity index (χ3v) is 4.60. The van der Waals surface area contributed by atoms with E-state index in [9.17, 15) is 4.79 Å². The molecule has 0 unspecified atom stereocenters. The van der Waals surface area contributed by atoms with E-state index < -0.39 is 0 Å². The third kappa shape index (κ3) is 2.98. The van der Waals surface area contributed by atoms with Crippen LogP contribution >= 0.6 is 35.3 Å². The first-order chi connectivity index (χ1) is 8.58. The van der Waals surface area contributed by atoms with Gasteiger partial charge in [-0.3, -0.25) is 4.79 Å². The minimum Gasteiger partial charge on any atom is -0.369 e. The SMILES string of the molecule is Cc1ccccc1-n1nc(SCC(N)=O)sc1=S. The Morgan fingerprint density at radius 2 is 2.28 bits per heavy atom. The quantitative estimate of drug-likeness (QED) is 0.696. The van der Waals surface area contributed by atoms with E-state index >= 15 is 0 Å². The molecule has 7 heteroatoms. The molecule has 0 bridgehead atoms. The Morgan fingerprint density at radius 1 is 1.56 bits per heavy atom. The number of nitrogens with zero attached hydrogens (tertiary/aromatic N) is 2. The zero-order chi connectivity index (χ0) is 13.1. The Morgan fingerprint density at radius 3 is 2.94 bits per heavy atom. The molecule has 0 saturated heterocycles. The van der Waals surface area contributed by atoms with Crippen LogP contribution in [0.3, 0.4) is 0 Å². The summed E-state index contributed by atoms with van der Waals surface area (Å²) in [5.41, 5.74) is 7.17. The van der Waals surface area contributed by atoms with Crippen LogP contribution in [0.2, 0.25) is 0 Å². The Bertz CT molecular complexity index is 632. The second kappa shape index (κ2) is 5.64. The van der Waals surface area contributed by atoms with Crippen LogP contribution in [0.4, 0.5) is 0 Å². The smallest absolute Gasteiger partial charge is 0.227 e. The maximum atomic E-state index is 10.7. The lowest BCUT2D eigenvalue weighted by Crippen LogP contribution is -2.12. The summed E-state index contributed by atoms with van der Waals surface area (Å²) in [6, 6.07) is 7.89. The summed E-state index contributed by atoms with van der Waals surface area (Å²) in [5.74, 6) is -0.140. The summed E-state index contributed by atoms with van der Waals surface area (Å²) in [6.45, 7) is 2.01. The first-order valence-electron chi connectivity index (χ1n) is 5.15. The number of hydrogen-bond donors (Lipinski definition) is 1. The molecule has 1 heterocycles. The Balaban J connectivity index is 2.33. The highest BCUT2D eigenvalue weighted by atomic mass is 32.2. The molecule has 18 heavy (non-hydrogen) atoms. The van der Waals surface area contributed by atoms with Crippen LogP contribution in [0.25, 0.3) is 5.69 Å². The Hall–Kier alpha value is -1.18. The van der Waals surface area contributed by atoms with E-state index in [2.05, 4.69) is 5.10 Å². The monoisotopic (exact) mass is 297 g/mol. The van der Waals surface area contributed by atoms with Crippen molar-refractivity contribution in [3.05, 3.63) is 33.8 Å². The van der Waals surface area contributed by atoms with Gasteiger partial charge in [-0.25, -0.2) is 4.68 Å². The van der Waals surface area contributed by atoms with E-state index in [0.717, 1.165) is 15.6 Å². The lowest BCUT2D eigenvalue weighted by atomic mass is 10.2. The van der Waals surface area contributed by atoms with E-state index in [1.807, 2.05) is 31.2 Å². The summed E-state index contributed by atoms with van der Waals surface area (Å²) >= 11 is 7.97. The van der Waals surface area contributed by atoms with E-state index in [0.29, 0.717) is 3.95 Å². The molecule has 2 rings (SSSR count). The van der Waals surface area contributed by atoms with Gasteiger partial charge in [0.2, 0.25) is 5.91 Å². The zero-order valence-electron chi connectivity index (χ0n) is 9.62. The minimum atomic E-state index is -0.358. The molecule has 1 amide bonds. The number of hydrogen-bond acceptors (Lipinski definition) is 5. The lowest BCUT2D eigenvalue weighted by Gasteiger charge is -2.03. The largest absolute Gasteiger partial charge is 0.369 e. The van der Waals surface area contributed by atoms with Crippen molar-refractivity contribution >= 4 is 41.2 Å². The number of amides is 1. The van der Waals surface area contributed by atoms with Gasteiger partial charge in [0, 0.05) is 0 Å².